The summed E-state index contributed by atoms with van der Waals surface area (Å²) in [6.07, 6.45) is 6.01. The summed E-state index contributed by atoms with van der Waals surface area (Å²) in [7, 11) is 0. The lowest BCUT2D eigenvalue weighted by atomic mass is 9.81. The molecule has 1 saturated carbocycles. The molecule has 2 aliphatic heterocycles. The summed E-state index contributed by atoms with van der Waals surface area (Å²) in [6.45, 7) is 0.855. The Bertz CT molecular complexity index is 595. The molecule has 1 amide bonds. The van der Waals surface area contributed by atoms with Crippen LogP contribution in [-0.4, -0.2) is 18.2 Å². The van der Waals surface area contributed by atoms with Crippen molar-refractivity contribution in [3.63, 3.8) is 0 Å². The summed E-state index contributed by atoms with van der Waals surface area (Å²) in [4.78, 5) is 25.3. The van der Waals surface area contributed by atoms with Crippen molar-refractivity contribution < 1.29 is 9.59 Å². The average Bonchev–Trinajstić information content (AvgIpc) is 2.89. The fourth-order valence-corrected chi connectivity index (χ4v) is 3.99. The topological polar surface area (TPSA) is 37.4 Å². The van der Waals surface area contributed by atoms with Gasteiger partial charge in [0.1, 0.15) is 5.78 Å². The van der Waals surface area contributed by atoms with Crippen LogP contribution in [0.15, 0.2) is 12.1 Å². The standard InChI is InChI=1S/C17H19NO2/c19-15-4-1-11(2-5-15)14-9-12-3-6-16(20)18-8-7-13(10-14)17(12)18/h9-11H,1-8H2. The number of aryl methyl sites for hydroxylation is 1. The lowest BCUT2D eigenvalue weighted by Crippen LogP contribution is -2.32. The second-order valence-electron chi connectivity index (χ2n) is 6.30. The Hall–Kier alpha value is -1.64. The summed E-state index contributed by atoms with van der Waals surface area (Å²) in [5.41, 5.74) is 5.31. The van der Waals surface area contributed by atoms with E-state index in [4.69, 9.17) is 0 Å². The molecule has 3 heteroatoms. The molecule has 1 aromatic rings. The molecular formula is C17H19NO2. The number of hydrogen-bond acceptors (Lipinski definition) is 2. The second-order valence-corrected chi connectivity index (χ2v) is 6.30. The molecule has 4 rings (SSSR count). The summed E-state index contributed by atoms with van der Waals surface area (Å²) >= 11 is 0. The van der Waals surface area contributed by atoms with Crippen LogP contribution >= 0.6 is 0 Å². The van der Waals surface area contributed by atoms with Gasteiger partial charge in [0.05, 0.1) is 5.69 Å². The van der Waals surface area contributed by atoms with Crippen LogP contribution in [0.4, 0.5) is 5.69 Å². The van der Waals surface area contributed by atoms with Crippen LogP contribution < -0.4 is 4.90 Å². The quantitative estimate of drug-likeness (QED) is 0.786. The van der Waals surface area contributed by atoms with Crippen molar-refractivity contribution in [2.24, 2.45) is 0 Å². The van der Waals surface area contributed by atoms with Crippen molar-refractivity contribution >= 4 is 17.4 Å². The molecule has 1 aliphatic carbocycles. The van der Waals surface area contributed by atoms with E-state index >= 15 is 0 Å². The summed E-state index contributed by atoms with van der Waals surface area (Å²) < 4.78 is 0. The molecule has 0 N–H and O–H groups in total. The first-order chi connectivity index (χ1) is 9.72. The van der Waals surface area contributed by atoms with Crippen molar-refractivity contribution in [3.8, 4) is 0 Å². The van der Waals surface area contributed by atoms with Crippen molar-refractivity contribution in [1.29, 1.82) is 0 Å². The van der Waals surface area contributed by atoms with Crippen LogP contribution in [0, 0.1) is 0 Å². The highest BCUT2D eigenvalue weighted by Crippen LogP contribution is 2.41. The molecule has 20 heavy (non-hydrogen) atoms. The fraction of sp³-hybridized carbons (Fsp3) is 0.529. The van der Waals surface area contributed by atoms with Gasteiger partial charge in [0.15, 0.2) is 0 Å². The minimum Gasteiger partial charge on any atom is -0.312 e. The van der Waals surface area contributed by atoms with Crippen molar-refractivity contribution in [3.05, 3.63) is 28.8 Å². The van der Waals surface area contributed by atoms with E-state index in [9.17, 15) is 9.59 Å². The van der Waals surface area contributed by atoms with E-state index in [-0.39, 0.29) is 5.91 Å². The van der Waals surface area contributed by atoms with Crippen LogP contribution in [0.5, 0.6) is 0 Å². The van der Waals surface area contributed by atoms with Gasteiger partial charge in [0.25, 0.3) is 0 Å². The van der Waals surface area contributed by atoms with Crippen LogP contribution in [0.2, 0.25) is 0 Å². The van der Waals surface area contributed by atoms with E-state index < -0.39 is 0 Å². The smallest absolute Gasteiger partial charge is 0.227 e. The third-order valence-corrected chi connectivity index (χ3v) is 5.09. The van der Waals surface area contributed by atoms with Gasteiger partial charge in [-0.1, -0.05) is 12.1 Å². The number of nitrogens with zero attached hydrogens (tertiary/aromatic N) is 1. The van der Waals surface area contributed by atoms with Gasteiger partial charge in [-0.05, 0) is 48.3 Å². The maximum atomic E-state index is 11.9. The largest absolute Gasteiger partial charge is 0.312 e. The summed E-state index contributed by atoms with van der Waals surface area (Å²) in [5, 5.41) is 0. The zero-order valence-corrected chi connectivity index (χ0v) is 11.7. The van der Waals surface area contributed by atoms with E-state index in [2.05, 4.69) is 12.1 Å². The first-order valence-electron chi connectivity index (χ1n) is 7.70. The Morgan fingerprint density at radius 1 is 0.900 bits per heavy atom. The fourth-order valence-electron chi connectivity index (χ4n) is 3.99. The third kappa shape index (κ3) is 1.80. The first-order valence-corrected chi connectivity index (χ1v) is 7.70. The molecule has 2 heterocycles. The van der Waals surface area contributed by atoms with Gasteiger partial charge >= 0.3 is 0 Å². The van der Waals surface area contributed by atoms with Crippen molar-refractivity contribution in [2.45, 2.75) is 50.9 Å². The Morgan fingerprint density at radius 3 is 2.35 bits per heavy atom. The van der Waals surface area contributed by atoms with Gasteiger partial charge < -0.3 is 4.90 Å². The highest BCUT2D eigenvalue weighted by atomic mass is 16.2. The first kappa shape index (κ1) is 12.1. The van der Waals surface area contributed by atoms with Crippen LogP contribution in [-0.2, 0) is 22.4 Å². The molecule has 0 saturated heterocycles. The van der Waals surface area contributed by atoms with Gasteiger partial charge in [0, 0.05) is 25.8 Å². The zero-order chi connectivity index (χ0) is 13.7. The number of ketones is 1. The lowest BCUT2D eigenvalue weighted by molar-refractivity contribution is -0.120. The maximum absolute atomic E-state index is 11.9. The number of benzene rings is 1. The van der Waals surface area contributed by atoms with Crippen LogP contribution in [0.1, 0.15) is 54.7 Å². The predicted octanol–water partition coefficient (Wildman–Crippen LogP) is 2.75. The Labute approximate surface area is 119 Å². The number of anilines is 1. The Kier molecular flexibility index (Phi) is 2.69. The predicted molar refractivity (Wildman–Crippen MR) is 77.0 cm³/mol. The molecular weight excluding hydrogens is 250 g/mol. The minimum absolute atomic E-state index is 0.285. The van der Waals surface area contributed by atoms with E-state index in [1.165, 1.54) is 22.4 Å². The van der Waals surface area contributed by atoms with Crippen molar-refractivity contribution in [2.75, 3.05) is 11.4 Å². The SMILES string of the molecule is O=C1CCC(c2cc3c4c(c2)CCN4C(=O)CC3)CC1. The molecule has 0 spiro atoms. The normalized spacial score (nSPS) is 22.3. The Morgan fingerprint density at radius 2 is 1.60 bits per heavy atom. The lowest BCUT2D eigenvalue weighted by Gasteiger charge is -2.28. The van der Waals surface area contributed by atoms with Gasteiger partial charge in [-0.3, -0.25) is 9.59 Å². The van der Waals surface area contributed by atoms with E-state index in [1.54, 1.807) is 0 Å². The number of amides is 1. The van der Waals surface area contributed by atoms with E-state index in [1.807, 2.05) is 4.90 Å². The number of carbonyl (C=O) groups is 2. The van der Waals surface area contributed by atoms with Gasteiger partial charge in [-0.25, -0.2) is 0 Å². The minimum atomic E-state index is 0.285. The molecule has 0 aromatic heterocycles. The van der Waals surface area contributed by atoms with Crippen LogP contribution in [0.3, 0.4) is 0 Å². The van der Waals surface area contributed by atoms with Crippen molar-refractivity contribution in [1.82, 2.24) is 0 Å². The van der Waals surface area contributed by atoms with E-state index in [0.717, 1.165) is 45.1 Å². The molecule has 0 bridgehead atoms. The highest BCUT2D eigenvalue weighted by molar-refractivity contribution is 5.98. The third-order valence-electron chi connectivity index (χ3n) is 5.09. The van der Waals surface area contributed by atoms with Crippen LogP contribution in [0.25, 0.3) is 0 Å². The van der Waals surface area contributed by atoms with Gasteiger partial charge in [-0.15, -0.1) is 0 Å². The average molecular weight is 269 g/mol. The molecule has 3 nitrogen and oxygen atoms in total. The maximum Gasteiger partial charge on any atom is 0.227 e. The zero-order valence-electron chi connectivity index (χ0n) is 11.7. The molecule has 0 radical (unpaired) electrons. The van der Waals surface area contributed by atoms with E-state index in [0.29, 0.717) is 18.1 Å². The second kappa shape index (κ2) is 4.44. The molecule has 3 aliphatic rings. The summed E-state index contributed by atoms with van der Waals surface area (Å²) in [6, 6.07) is 4.61. The highest BCUT2D eigenvalue weighted by Gasteiger charge is 2.32. The number of carbonyl (C=O) groups excluding carboxylic acids is 2. The van der Waals surface area contributed by atoms with Gasteiger partial charge in [0.2, 0.25) is 5.91 Å². The molecule has 1 fully saturated rings. The summed E-state index contributed by atoms with van der Waals surface area (Å²) in [5.74, 6) is 1.24. The number of hydrogen-bond donors (Lipinski definition) is 0. The number of Topliss-reactive ketones (excluding diaryl/α,β-unsaturated/α-hetero) is 1. The molecule has 0 unspecified atom stereocenters. The number of rotatable bonds is 1. The molecule has 104 valence electrons. The molecule has 0 atom stereocenters. The Balaban J connectivity index is 1.71. The van der Waals surface area contributed by atoms with Gasteiger partial charge in [-0.2, -0.15) is 0 Å². The monoisotopic (exact) mass is 269 g/mol. The molecule has 1 aromatic carbocycles.